The largest absolute Gasteiger partial charge is 0.363 e. The minimum Gasteiger partial charge on any atom is -0.363 e. The SMILES string of the molecule is CCNC(=S)N(C)C(C)CC. The summed E-state index contributed by atoms with van der Waals surface area (Å²) in [5, 5.41) is 3.97. The Morgan fingerprint density at radius 2 is 2.09 bits per heavy atom. The molecule has 0 bridgehead atoms. The van der Waals surface area contributed by atoms with Crippen molar-refractivity contribution in [3.8, 4) is 0 Å². The van der Waals surface area contributed by atoms with E-state index in [1.807, 2.05) is 7.05 Å². The van der Waals surface area contributed by atoms with Gasteiger partial charge in [0.2, 0.25) is 0 Å². The summed E-state index contributed by atoms with van der Waals surface area (Å²) in [6.45, 7) is 7.29. The lowest BCUT2D eigenvalue weighted by Crippen LogP contribution is -2.41. The molecule has 0 amide bonds. The molecule has 0 fully saturated rings. The van der Waals surface area contributed by atoms with E-state index < -0.39 is 0 Å². The highest BCUT2D eigenvalue weighted by atomic mass is 32.1. The zero-order valence-corrected chi connectivity index (χ0v) is 8.66. The van der Waals surface area contributed by atoms with Gasteiger partial charge in [0.05, 0.1) is 0 Å². The van der Waals surface area contributed by atoms with Gasteiger partial charge in [0.15, 0.2) is 5.11 Å². The fraction of sp³-hybridized carbons (Fsp3) is 0.875. The normalized spacial score (nSPS) is 12.4. The first kappa shape index (κ1) is 10.7. The summed E-state index contributed by atoms with van der Waals surface area (Å²) in [4.78, 5) is 2.10. The Morgan fingerprint density at radius 1 is 1.55 bits per heavy atom. The quantitative estimate of drug-likeness (QED) is 0.654. The van der Waals surface area contributed by atoms with Crippen LogP contribution in [0.2, 0.25) is 0 Å². The molecule has 0 aromatic heterocycles. The molecule has 11 heavy (non-hydrogen) atoms. The summed E-state index contributed by atoms with van der Waals surface area (Å²) < 4.78 is 0. The second-order valence-corrected chi connectivity index (χ2v) is 3.09. The van der Waals surface area contributed by atoms with Crippen molar-refractivity contribution in [1.82, 2.24) is 10.2 Å². The van der Waals surface area contributed by atoms with E-state index in [-0.39, 0.29) is 0 Å². The minimum atomic E-state index is 0.529. The van der Waals surface area contributed by atoms with Crippen molar-refractivity contribution in [3.63, 3.8) is 0 Å². The Morgan fingerprint density at radius 3 is 2.45 bits per heavy atom. The molecule has 0 aromatic rings. The maximum absolute atomic E-state index is 5.13. The molecule has 0 heterocycles. The summed E-state index contributed by atoms with van der Waals surface area (Å²) in [6, 6.07) is 0.529. The van der Waals surface area contributed by atoms with Gasteiger partial charge >= 0.3 is 0 Å². The maximum Gasteiger partial charge on any atom is 0.168 e. The second kappa shape index (κ2) is 5.35. The van der Waals surface area contributed by atoms with Crippen LogP contribution in [0.4, 0.5) is 0 Å². The molecular formula is C8H18N2S. The number of nitrogens with zero attached hydrogens (tertiary/aromatic N) is 1. The van der Waals surface area contributed by atoms with Crippen molar-refractivity contribution in [2.45, 2.75) is 33.2 Å². The van der Waals surface area contributed by atoms with E-state index in [1.54, 1.807) is 0 Å². The van der Waals surface area contributed by atoms with Gasteiger partial charge in [0.25, 0.3) is 0 Å². The van der Waals surface area contributed by atoms with Gasteiger partial charge in [-0.2, -0.15) is 0 Å². The zero-order chi connectivity index (χ0) is 8.85. The Bertz CT molecular complexity index is 125. The Labute approximate surface area is 75.0 Å². The van der Waals surface area contributed by atoms with E-state index >= 15 is 0 Å². The molecule has 66 valence electrons. The average molecular weight is 174 g/mol. The lowest BCUT2D eigenvalue weighted by molar-refractivity contribution is 0.376. The molecule has 0 saturated carbocycles. The van der Waals surface area contributed by atoms with Gasteiger partial charge in [-0.1, -0.05) is 6.92 Å². The van der Waals surface area contributed by atoms with E-state index in [1.165, 1.54) is 0 Å². The first-order valence-corrected chi connectivity index (χ1v) is 4.54. The van der Waals surface area contributed by atoms with Gasteiger partial charge < -0.3 is 10.2 Å². The summed E-state index contributed by atoms with van der Waals surface area (Å²) >= 11 is 5.13. The van der Waals surface area contributed by atoms with Crippen LogP contribution >= 0.6 is 12.2 Å². The van der Waals surface area contributed by atoms with Crippen molar-refractivity contribution in [3.05, 3.63) is 0 Å². The molecule has 0 aliphatic carbocycles. The molecule has 0 rings (SSSR count). The van der Waals surface area contributed by atoms with Crippen LogP contribution in [0.1, 0.15) is 27.2 Å². The number of hydrogen-bond acceptors (Lipinski definition) is 1. The summed E-state index contributed by atoms with van der Waals surface area (Å²) in [5.41, 5.74) is 0. The van der Waals surface area contributed by atoms with Gasteiger partial charge in [0.1, 0.15) is 0 Å². The van der Waals surface area contributed by atoms with Crippen LogP contribution in [-0.2, 0) is 0 Å². The van der Waals surface area contributed by atoms with Crippen LogP contribution in [-0.4, -0.2) is 29.6 Å². The molecular weight excluding hydrogens is 156 g/mol. The van der Waals surface area contributed by atoms with E-state index in [9.17, 15) is 0 Å². The summed E-state index contributed by atoms with van der Waals surface area (Å²) in [7, 11) is 2.03. The Kier molecular flexibility index (Phi) is 5.20. The van der Waals surface area contributed by atoms with Gasteiger partial charge in [-0.15, -0.1) is 0 Å². The molecule has 1 N–H and O–H groups in total. The third kappa shape index (κ3) is 3.56. The van der Waals surface area contributed by atoms with Crippen molar-refractivity contribution in [1.29, 1.82) is 0 Å². The second-order valence-electron chi connectivity index (χ2n) is 2.70. The molecule has 3 heteroatoms. The van der Waals surface area contributed by atoms with Crippen LogP contribution in [0, 0.1) is 0 Å². The van der Waals surface area contributed by atoms with Crippen LogP contribution in [0.3, 0.4) is 0 Å². The van der Waals surface area contributed by atoms with Crippen molar-refractivity contribution in [2.24, 2.45) is 0 Å². The smallest absolute Gasteiger partial charge is 0.168 e. The predicted molar refractivity (Wildman–Crippen MR) is 53.8 cm³/mol. The van der Waals surface area contributed by atoms with Crippen LogP contribution in [0.5, 0.6) is 0 Å². The van der Waals surface area contributed by atoms with Gasteiger partial charge in [0, 0.05) is 19.6 Å². The molecule has 0 saturated heterocycles. The highest BCUT2D eigenvalue weighted by Gasteiger charge is 2.08. The number of nitrogens with one attached hydrogen (secondary N) is 1. The minimum absolute atomic E-state index is 0.529. The number of rotatable bonds is 3. The molecule has 2 nitrogen and oxygen atoms in total. The van der Waals surface area contributed by atoms with Crippen molar-refractivity contribution < 1.29 is 0 Å². The van der Waals surface area contributed by atoms with E-state index in [0.717, 1.165) is 18.1 Å². The van der Waals surface area contributed by atoms with Crippen LogP contribution < -0.4 is 5.32 Å². The van der Waals surface area contributed by atoms with E-state index in [2.05, 4.69) is 31.0 Å². The number of thiocarbonyl (C=S) groups is 1. The predicted octanol–water partition coefficient (Wildman–Crippen LogP) is 1.61. The third-order valence-electron chi connectivity index (χ3n) is 1.90. The van der Waals surface area contributed by atoms with Crippen LogP contribution in [0.15, 0.2) is 0 Å². The van der Waals surface area contributed by atoms with Crippen LogP contribution in [0.25, 0.3) is 0 Å². The van der Waals surface area contributed by atoms with E-state index in [4.69, 9.17) is 12.2 Å². The summed E-state index contributed by atoms with van der Waals surface area (Å²) in [5.74, 6) is 0. The topological polar surface area (TPSA) is 15.3 Å². The molecule has 0 spiro atoms. The maximum atomic E-state index is 5.13. The molecule has 0 aliphatic heterocycles. The van der Waals surface area contributed by atoms with Gasteiger partial charge in [-0.05, 0) is 32.5 Å². The standard InChI is InChI=1S/C8H18N2S/c1-5-7(3)10(4)8(11)9-6-2/h7H,5-6H2,1-4H3,(H,9,11). The zero-order valence-electron chi connectivity index (χ0n) is 7.85. The third-order valence-corrected chi connectivity index (χ3v) is 2.33. The Balaban J connectivity index is 3.80. The molecule has 1 atom stereocenters. The first-order valence-electron chi connectivity index (χ1n) is 4.14. The highest BCUT2D eigenvalue weighted by molar-refractivity contribution is 7.80. The lowest BCUT2D eigenvalue weighted by atomic mass is 10.2. The van der Waals surface area contributed by atoms with Crippen molar-refractivity contribution >= 4 is 17.3 Å². The molecule has 0 radical (unpaired) electrons. The molecule has 0 aromatic carbocycles. The number of hydrogen-bond donors (Lipinski definition) is 1. The first-order chi connectivity index (χ1) is 5.13. The lowest BCUT2D eigenvalue weighted by Gasteiger charge is -2.26. The fourth-order valence-corrected chi connectivity index (χ4v) is 1.07. The molecule has 1 unspecified atom stereocenters. The average Bonchev–Trinajstić information content (AvgIpc) is 2.02. The molecule has 0 aliphatic rings. The Hall–Kier alpha value is -0.310. The highest BCUT2D eigenvalue weighted by Crippen LogP contribution is 1.99. The fourth-order valence-electron chi connectivity index (χ4n) is 0.750. The van der Waals surface area contributed by atoms with Crippen molar-refractivity contribution in [2.75, 3.05) is 13.6 Å². The monoisotopic (exact) mass is 174 g/mol. The summed E-state index contributed by atoms with van der Waals surface area (Å²) in [6.07, 6.45) is 1.13. The van der Waals surface area contributed by atoms with E-state index in [0.29, 0.717) is 6.04 Å². The van der Waals surface area contributed by atoms with Gasteiger partial charge in [-0.3, -0.25) is 0 Å². The van der Waals surface area contributed by atoms with Gasteiger partial charge in [-0.25, -0.2) is 0 Å².